The maximum atomic E-state index is 12.3. The summed E-state index contributed by atoms with van der Waals surface area (Å²) in [4.78, 5) is 0. The first-order valence-electron chi connectivity index (χ1n) is 4.79. The van der Waals surface area contributed by atoms with E-state index in [0.717, 1.165) is 24.8 Å². The lowest BCUT2D eigenvalue weighted by Crippen LogP contribution is -2.43. The molecule has 0 heterocycles. The van der Waals surface area contributed by atoms with Gasteiger partial charge in [0.05, 0.1) is 0 Å². The van der Waals surface area contributed by atoms with Gasteiger partial charge in [-0.25, -0.2) is 4.39 Å². The molecule has 0 amide bonds. The van der Waals surface area contributed by atoms with Crippen LogP contribution in [0, 0.1) is 0 Å². The monoisotopic (exact) mass is 213 g/mol. The average molecular weight is 214 g/mol. The summed E-state index contributed by atoms with van der Waals surface area (Å²) in [5.74, 6) is 0. The van der Waals surface area contributed by atoms with E-state index >= 15 is 0 Å². The molecule has 1 aromatic rings. The maximum absolute atomic E-state index is 12.3. The summed E-state index contributed by atoms with van der Waals surface area (Å²) >= 11 is 6.06. The fourth-order valence-electron chi connectivity index (χ4n) is 1.87. The molecule has 14 heavy (non-hydrogen) atoms. The van der Waals surface area contributed by atoms with Crippen LogP contribution in [0.25, 0.3) is 0 Å². The third kappa shape index (κ3) is 1.53. The van der Waals surface area contributed by atoms with E-state index < -0.39 is 6.67 Å². The van der Waals surface area contributed by atoms with E-state index in [-0.39, 0.29) is 5.54 Å². The van der Waals surface area contributed by atoms with E-state index in [4.69, 9.17) is 17.3 Å². The van der Waals surface area contributed by atoms with Crippen LogP contribution in [0.2, 0.25) is 5.02 Å². The van der Waals surface area contributed by atoms with Crippen LogP contribution in [0.5, 0.6) is 0 Å². The molecule has 1 aliphatic carbocycles. The van der Waals surface area contributed by atoms with Gasteiger partial charge in [0.15, 0.2) is 0 Å². The van der Waals surface area contributed by atoms with Gasteiger partial charge in [-0.3, -0.25) is 0 Å². The molecule has 1 aliphatic rings. The lowest BCUT2D eigenvalue weighted by atomic mass is 9.72. The highest BCUT2D eigenvalue weighted by Gasteiger charge is 2.35. The Hall–Kier alpha value is -0.600. The van der Waals surface area contributed by atoms with Gasteiger partial charge in [0, 0.05) is 10.6 Å². The third-order valence-electron chi connectivity index (χ3n) is 2.97. The Kier molecular flexibility index (Phi) is 2.50. The summed E-state index contributed by atoms with van der Waals surface area (Å²) < 4.78 is 12.3. The molecular formula is C11H13ClFN. The number of hydrogen-bond acceptors (Lipinski definition) is 1. The van der Waals surface area contributed by atoms with Gasteiger partial charge in [0.2, 0.25) is 0 Å². The second-order valence-corrected chi connectivity index (χ2v) is 4.36. The van der Waals surface area contributed by atoms with Crippen molar-refractivity contribution in [1.82, 2.24) is 0 Å². The number of halogens is 2. The first-order chi connectivity index (χ1) is 6.65. The highest BCUT2D eigenvalue weighted by Crippen LogP contribution is 2.41. The minimum atomic E-state index is -0.475. The Balaban J connectivity index is 2.35. The Morgan fingerprint density at radius 3 is 2.57 bits per heavy atom. The van der Waals surface area contributed by atoms with E-state index in [1.165, 1.54) is 0 Å². The number of nitrogens with two attached hydrogens (primary N) is 1. The zero-order valence-electron chi connectivity index (χ0n) is 7.89. The summed E-state index contributed by atoms with van der Waals surface area (Å²) in [7, 11) is 0. The fourth-order valence-corrected chi connectivity index (χ4v) is 2.26. The van der Waals surface area contributed by atoms with Gasteiger partial charge >= 0.3 is 0 Å². The number of benzene rings is 1. The second-order valence-electron chi connectivity index (χ2n) is 3.96. The summed E-state index contributed by atoms with van der Waals surface area (Å²) in [6.45, 7) is -0.475. The van der Waals surface area contributed by atoms with Gasteiger partial charge in [-0.2, -0.15) is 0 Å². The van der Waals surface area contributed by atoms with E-state index in [1.807, 2.05) is 6.07 Å². The molecule has 1 fully saturated rings. The zero-order chi connectivity index (χ0) is 10.2. The van der Waals surface area contributed by atoms with Crippen LogP contribution >= 0.6 is 11.6 Å². The molecular weight excluding hydrogens is 201 g/mol. The van der Waals surface area contributed by atoms with Gasteiger partial charge in [-0.1, -0.05) is 23.7 Å². The third-order valence-corrected chi connectivity index (χ3v) is 3.28. The highest BCUT2D eigenvalue weighted by atomic mass is 35.5. The predicted octanol–water partition coefficient (Wildman–Crippen LogP) is 3.15. The summed E-state index contributed by atoms with van der Waals surface area (Å²) in [6, 6.07) is 5.29. The molecule has 0 bridgehead atoms. The smallest absolute Gasteiger partial charge is 0.115 e. The SMILES string of the molecule is NC1(c2ccc(CF)cc2Cl)CCC1. The Labute approximate surface area is 88.1 Å². The Bertz CT molecular complexity index is 347. The van der Waals surface area contributed by atoms with Crippen molar-refractivity contribution >= 4 is 11.6 Å². The Morgan fingerprint density at radius 1 is 1.43 bits per heavy atom. The van der Waals surface area contributed by atoms with Crippen molar-refractivity contribution in [2.24, 2.45) is 5.73 Å². The predicted molar refractivity (Wildman–Crippen MR) is 56.0 cm³/mol. The first-order valence-corrected chi connectivity index (χ1v) is 5.17. The first kappa shape index (κ1) is 9.94. The van der Waals surface area contributed by atoms with Crippen LogP contribution in [0.3, 0.4) is 0 Å². The Morgan fingerprint density at radius 2 is 2.14 bits per heavy atom. The molecule has 0 atom stereocenters. The normalized spacial score (nSPS) is 19.1. The van der Waals surface area contributed by atoms with Gasteiger partial charge in [0.25, 0.3) is 0 Å². The van der Waals surface area contributed by atoms with Crippen LogP contribution in [-0.2, 0) is 12.2 Å². The largest absolute Gasteiger partial charge is 0.321 e. The van der Waals surface area contributed by atoms with E-state index in [9.17, 15) is 4.39 Å². The van der Waals surface area contributed by atoms with Gasteiger partial charge in [0.1, 0.15) is 6.67 Å². The maximum Gasteiger partial charge on any atom is 0.115 e. The molecule has 76 valence electrons. The molecule has 0 saturated heterocycles. The van der Waals surface area contributed by atoms with Crippen LogP contribution in [0.15, 0.2) is 18.2 Å². The molecule has 2 N–H and O–H groups in total. The van der Waals surface area contributed by atoms with Crippen molar-refractivity contribution in [2.75, 3.05) is 0 Å². The van der Waals surface area contributed by atoms with Gasteiger partial charge in [-0.05, 0) is 36.5 Å². The van der Waals surface area contributed by atoms with Crippen molar-refractivity contribution in [3.8, 4) is 0 Å². The molecule has 0 aliphatic heterocycles. The van der Waals surface area contributed by atoms with Crippen molar-refractivity contribution in [3.05, 3.63) is 34.3 Å². The fraction of sp³-hybridized carbons (Fsp3) is 0.455. The molecule has 1 saturated carbocycles. The quantitative estimate of drug-likeness (QED) is 0.803. The van der Waals surface area contributed by atoms with Crippen molar-refractivity contribution < 1.29 is 4.39 Å². The van der Waals surface area contributed by atoms with Crippen LogP contribution < -0.4 is 5.73 Å². The van der Waals surface area contributed by atoms with E-state index in [2.05, 4.69) is 0 Å². The van der Waals surface area contributed by atoms with Crippen molar-refractivity contribution in [3.63, 3.8) is 0 Å². The molecule has 0 unspecified atom stereocenters. The highest BCUT2D eigenvalue weighted by molar-refractivity contribution is 6.31. The van der Waals surface area contributed by atoms with Crippen LogP contribution in [-0.4, -0.2) is 0 Å². The zero-order valence-corrected chi connectivity index (χ0v) is 8.65. The standard InChI is InChI=1S/C11H13ClFN/c12-10-6-8(7-13)2-3-9(10)11(14)4-1-5-11/h2-3,6H,1,4-5,7,14H2. The summed E-state index contributed by atoms with van der Waals surface area (Å²) in [6.07, 6.45) is 3.10. The number of alkyl halides is 1. The van der Waals surface area contributed by atoms with E-state index in [1.54, 1.807) is 12.1 Å². The molecule has 2 rings (SSSR count). The number of rotatable bonds is 2. The second kappa shape index (κ2) is 3.52. The van der Waals surface area contributed by atoms with Gasteiger partial charge in [-0.15, -0.1) is 0 Å². The molecule has 3 heteroatoms. The average Bonchev–Trinajstić information content (AvgIpc) is 2.14. The van der Waals surface area contributed by atoms with Gasteiger partial charge < -0.3 is 5.73 Å². The lowest BCUT2D eigenvalue weighted by Gasteiger charge is -2.39. The molecule has 0 aromatic heterocycles. The summed E-state index contributed by atoms with van der Waals surface area (Å²) in [5.41, 5.74) is 7.45. The van der Waals surface area contributed by atoms with E-state index in [0.29, 0.717) is 10.6 Å². The van der Waals surface area contributed by atoms with Crippen molar-refractivity contribution in [1.29, 1.82) is 0 Å². The minimum Gasteiger partial charge on any atom is -0.321 e. The van der Waals surface area contributed by atoms with Crippen molar-refractivity contribution in [2.45, 2.75) is 31.5 Å². The van der Waals surface area contributed by atoms with Crippen LogP contribution in [0.4, 0.5) is 4.39 Å². The molecule has 1 nitrogen and oxygen atoms in total. The summed E-state index contributed by atoms with van der Waals surface area (Å²) in [5, 5.41) is 0.599. The minimum absolute atomic E-state index is 0.258. The topological polar surface area (TPSA) is 26.0 Å². The van der Waals surface area contributed by atoms with Crippen LogP contribution in [0.1, 0.15) is 30.4 Å². The molecule has 0 spiro atoms. The molecule has 1 aromatic carbocycles. The molecule has 0 radical (unpaired) electrons. The number of hydrogen-bond donors (Lipinski definition) is 1. The lowest BCUT2D eigenvalue weighted by molar-refractivity contribution is 0.253.